The van der Waals surface area contributed by atoms with E-state index >= 15 is 0 Å². The largest absolute Gasteiger partial charge is 0.488 e. The molecule has 0 bridgehead atoms. The van der Waals surface area contributed by atoms with Crippen molar-refractivity contribution in [1.29, 1.82) is 0 Å². The SMILES string of the molecule is CCCCCCCCCCCCSC(=S)SC(C)(CCC(CCC(C)(C)C(=O)OCCOCCOC)c1ccc(B(O)O)cc1)C(=O)OCCOC(=S)NC. The molecule has 0 radical (unpaired) electrons. The molecule has 2 unspecified atom stereocenters. The Balaban J connectivity index is 2.99. The van der Waals surface area contributed by atoms with Crippen molar-refractivity contribution < 1.29 is 43.3 Å². The van der Waals surface area contributed by atoms with Crippen LogP contribution in [0.3, 0.4) is 0 Å². The second-order valence-corrected chi connectivity index (χ2v) is 18.7. The molecule has 1 aromatic carbocycles. The molecule has 0 amide bonds. The number of hydrogen-bond donors (Lipinski definition) is 3. The van der Waals surface area contributed by atoms with Crippen molar-refractivity contribution in [3.05, 3.63) is 29.8 Å². The van der Waals surface area contributed by atoms with E-state index in [9.17, 15) is 19.6 Å². The van der Waals surface area contributed by atoms with E-state index < -0.39 is 17.3 Å². The summed E-state index contributed by atoms with van der Waals surface area (Å²) in [4.78, 5) is 26.9. The molecule has 0 aliphatic heterocycles. The van der Waals surface area contributed by atoms with E-state index in [1.807, 2.05) is 32.9 Å². The number of ether oxygens (including phenoxy) is 5. The first kappa shape index (κ1) is 51.6. The van der Waals surface area contributed by atoms with E-state index in [0.717, 1.165) is 17.7 Å². The molecule has 0 aliphatic rings. The minimum atomic E-state index is -1.58. The average molecular weight is 846 g/mol. The van der Waals surface area contributed by atoms with Crippen LogP contribution in [0.15, 0.2) is 24.3 Å². The molecule has 1 aromatic rings. The molecule has 0 spiro atoms. The Morgan fingerprint density at radius 3 is 1.93 bits per heavy atom. The first-order valence-electron chi connectivity index (χ1n) is 19.9. The van der Waals surface area contributed by atoms with Crippen LogP contribution in [0.2, 0.25) is 0 Å². The van der Waals surface area contributed by atoms with E-state index in [0.29, 0.717) is 47.9 Å². The zero-order valence-corrected chi connectivity index (χ0v) is 37.5. The maximum absolute atomic E-state index is 13.8. The van der Waals surface area contributed by atoms with E-state index in [1.54, 1.807) is 38.1 Å². The number of carbonyl (C=O) groups is 2. The maximum atomic E-state index is 13.8. The fourth-order valence-corrected chi connectivity index (χ4v) is 8.95. The first-order chi connectivity index (χ1) is 26.3. The summed E-state index contributed by atoms with van der Waals surface area (Å²) in [5.41, 5.74) is 0.574. The van der Waals surface area contributed by atoms with E-state index in [1.165, 1.54) is 69.5 Å². The second-order valence-electron chi connectivity index (χ2n) is 14.6. The van der Waals surface area contributed by atoms with Gasteiger partial charge in [0.1, 0.15) is 28.1 Å². The van der Waals surface area contributed by atoms with Crippen molar-refractivity contribution in [1.82, 2.24) is 5.32 Å². The zero-order chi connectivity index (χ0) is 41.0. The smallest absolute Gasteiger partial charge is 0.467 e. The van der Waals surface area contributed by atoms with E-state index in [4.69, 9.17) is 48.1 Å². The van der Waals surface area contributed by atoms with Gasteiger partial charge in [0.2, 0.25) is 0 Å². The summed E-state index contributed by atoms with van der Waals surface area (Å²) < 4.78 is 26.8. The van der Waals surface area contributed by atoms with Crippen molar-refractivity contribution >= 4 is 81.2 Å². The predicted molar refractivity (Wildman–Crippen MR) is 236 cm³/mol. The Morgan fingerprint density at radius 2 is 1.33 bits per heavy atom. The Bertz CT molecular complexity index is 1230. The van der Waals surface area contributed by atoms with E-state index in [2.05, 4.69) is 12.2 Å². The normalized spacial score (nSPS) is 13.1. The van der Waals surface area contributed by atoms with Crippen LogP contribution in [0.1, 0.15) is 129 Å². The molecule has 55 heavy (non-hydrogen) atoms. The number of thiocarbonyl (C=S) groups is 2. The van der Waals surface area contributed by atoms with E-state index in [-0.39, 0.29) is 49.5 Å². The molecule has 2 atom stereocenters. The summed E-state index contributed by atoms with van der Waals surface area (Å²) in [6.45, 7) is 9.37. The molecule has 0 fully saturated rings. The number of hydrogen-bond acceptors (Lipinski definition) is 13. The van der Waals surface area contributed by atoms with Crippen LogP contribution in [0.4, 0.5) is 0 Å². The van der Waals surface area contributed by atoms with Gasteiger partial charge in [-0.25, -0.2) is 0 Å². The van der Waals surface area contributed by atoms with Crippen molar-refractivity contribution in [3.63, 3.8) is 0 Å². The number of thioether (sulfide) groups is 2. The minimum absolute atomic E-state index is 0.0391. The highest BCUT2D eigenvalue weighted by Gasteiger charge is 2.38. The van der Waals surface area contributed by atoms with Gasteiger partial charge in [0.25, 0.3) is 5.17 Å². The van der Waals surface area contributed by atoms with Crippen LogP contribution in [-0.4, -0.2) is 102 Å². The van der Waals surface area contributed by atoms with Crippen LogP contribution in [0.5, 0.6) is 0 Å². The minimum Gasteiger partial charge on any atom is -0.467 e. The van der Waals surface area contributed by atoms with Gasteiger partial charge < -0.3 is 39.0 Å². The van der Waals surface area contributed by atoms with Crippen LogP contribution in [0, 0.1) is 5.41 Å². The lowest BCUT2D eigenvalue weighted by Gasteiger charge is -2.30. The first-order valence-corrected chi connectivity index (χ1v) is 22.5. The zero-order valence-electron chi connectivity index (χ0n) is 34.2. The topological polar surface area (TPSA) is 133 Å². The standard InChI is InChI=1S/C40H68BNO9S4/c1-7-8-9-10-11-12-13-14-15-16-31-54-38(53)55-40(4,36(44)50-29-30-51-37(52)42-5)24-22-33(32-17-19-34(20-18-32)41(45)46)21-23-39(2,3)35(43)49-28-27-48-26-25-47-6/h17-20,33,45-46H,7-16,21-31H2,1-6H3,(H,42,52). The van der Waals surface area contributed by atoms with Crippen LogP contribution >= 0.6 is 48.0 Å². The summed E-state index contributed by atoms with van der Waals surface area (Å²) >= 11 is 13.9. The fourth-order valence-electron chi connectivity index (χ4n) is 5.78. The molecule has 0 saturated carbocycles. The van der Waals surface area contributed by atoms with Gasteiger partial charge in [-0.05, 0) is 87.8 Å². The maximum Gasteiger partial charge on any atom is 0.488 e. The van der Waals surface area contributed by atoms with Crippen molar-refractivity contribution in [3.8, 4) is 0 Å². The lowest BCUT2D eigenvalue weighted by Crippen LogP contribution is -2.36. The monoisotopic (exact) mass is 845 g/mol. The Morgan fingerprint density at radius 1 is 0.782 bits per heavy atom. The Labute approximate surface area is 351 Å². The lowest BCUT2D eigenvalue weighted by atomic mass is 9.77. The molecule has 3 N–H and O–H groups in total. The quantitative estimate of drug-likeness (QED) is 0.0291. The number of esters is 2. The summed E-state index contributed by atoms with van der Waals surface area (Å²) in [5, 5.41) is 22.4. The van der Waals surface area contributed by atoms with Crippen molar-refractivity contribution in [2.24, 2.45) is 5.41 Å². The van der Waals surface area contributed by atoms with Gasteiger partial charge in [-0.3, -0.25) is 9.59 Å². The Kier molecular flexibility index (Phi) is 28.7. The van der Waals surface area contributed by atoms with Gasteiger partial charge >= 0.3 is 19.1 Å². The molecule has 10 nitrogen and oxygen atoms in total. The number of rotatable bonds is 31. The highest BCUT2D eigenvalue weighted by atomic mass is 32.2. The predicted octanol–water partition coefficient (Wildman–Crippen LogP) is 7.74. The number of benzene rings is 1. The van der Waals surface area contributed by atoms with Crippen LogP contribution in [-0.2, 0) is 33.3 Å². The molecule has 1 rings (SSSR count). The third-order valence-corrected chi connectivity index (χ3v) is 12.7. The fraction of sp³-hybridized carbons (Fsp3) is 0.750. The highest BCUT2D eigenvalue weighted by molar-refractivity contribution is 8.47. The van der Waals surface area contributed by atoms with Crippen LogP contribution in [0.25, 0.3) is 0 Å². The summed E-state index contributed by atoms with van der Waals surface area (Å²) in [6.07, 6.45) is 14.9. The van der Waals surface area contributed by atoms with Gasteiger partial charge in [0.05, 0.1) is 25.2 Å². The Hall–Kier alpha value is -1.46. The molecule has 314 valence electrons. The number of carbonyl (C=O) groups excluding carboxylic acids is 2. The van der Waals surface area contributed by atoms with Crippen molar-refractivity contribution in [2.75, 3.05) is 59.6 Å². The molecule has 0 heterocycles. The van der Waals surface area contributed by atoms with Gasteiger partial charge in [-0.15, -0.1) is 11.8 Å². The lowest BCUT2D eigenvalue weighted by molar-refractivity contribution is -0.156. The molecule has 0 aromatic heterocycles. The summed E-state index contributed by atoms with van der Waals surface area (Å²) in [5.74, 6) is 0.145. The molecule has 15 heteroatoms. The average Bonchev–Trinajstić information content (AvgIpc) is 3.16. The molecular weight excluding hydrogens is 778 g/mol. The number of nitrogens with one attached hydrogen (secondary N) is 1. The second kappa shape index (κ2) is 30.6. The van der Waals surface area contributed by atoms with Gasteiger partial charge in [-0.1, -0.05) is 113 Å². The number of methoxy groups -OCH3 is 1. The van der Waals surface area contributed by atoms with Gasteiger partial charge in [0, 0.05) is 14.2 Å². The molecule has 0 aliphatic carbocycles. The third-order valence-electron chi connectivity index (χ3n) is 9.45. The van der Waals surface area contributed by atoms with Crippen LogP contribution < -0.4 is 10.8 Å². The summed E-state index contributed by atoms with van der Waals surface area (Å²) in [6, 6.07) is 7.13. The number of unbranched alkanes of at least 4 members (excludes halogenated alkanes) is 9. The van der Waals surface area contributed by atoms with Gasteiger partial charge in [-0.2, -0.15) is 0 Å². The molecular formula is C40H68BNO9S4. The third kappa shape index (κ3) is 23.5. The highest BCUT2D eigenvalue weighted by Crippen LogP contribution is 2.41. The van der Waals surface area contributed by atoms with Gasteiger partial charge in [0.15, 0.2) is 0 Å². The van der Waals surface area contributed by atoms with Crippen molar-refractivity contribution in [2.45, 2.75) is 128 Å². The summed E-state index contributed by atoms with van der Waals surface area (Å²) in [7, 11) is 1.68. The molecule has 0 saturated heterocycles.